The van der Waals surface area contributed by atoms with Crippen LogP contribution in [-0.4, -0.2) is 11.9 Å². The number of anilines is 1. The van der Waals surface area contributed by atoms with Crippen LogP contribution in [0.1, 0.15) is 42.9 Å². The molecule has 2 aromatic rings. The highest BCUT2D eigenvalue weighted by molar-refractivity contribution is 9.10. The van der Waals surface area contributed by atoms with E-state index in [2.05, 4.69) is 26.6 Å². The van der Waals surface area contributed by atoms with Gasteiger partial charge in [-0.3, -0.25) is 4.79 Å². The molecule has 0 radical (unpaired) electrons. The number of rotatable bonds is 5. The lowest BCUT2D eigenvalue weighted by Gasteiger charge is -2.14. The second-order valence-corrected chi connectivity index (χ2v) is 6.00. The van der Waals surface area contributed by atoms with Crippen LogP contribution in [-0.2, 0) is 0 Å². The molecule has 1 heterocycles. The summed E-state index contributed by atoms with van der Waals surface area (Å²) in [6.07, 6.45) is 0. The standard InChI is InChI=1S/C16H19BrN2O2/c1-10(2)18-16(20)12-5-4-6-13(9-12)19-11(3)14-7-8-15(17)21-14/h4-11,19H,1-3H3,(H,18,20). The van der Waals surface area contributed by atoms with Crippen molar-refractivity contribution in [3.05, 3.63) is 52.4 Å². The second kappa shape index (κ2) is 6.80. The van der Waals surface area contributed by atoms with Gasteiger partial charge in [0.2, 0.25) is 0 Å². The largest absolute Gasteiger partial charge is 0.452 e. The van der Waals surface area contributed by atoms with Crippen LogP contribution in [0.25, 0.3) is 0 Å². The Labute approximate surface area is 133 Å². The molecule has 0 spiro atoms. The van der Waals surface area contributed by atoms with E-state index >= 15 is 0 Å². The number of amides is 1. The van der Waals surface area contributed by atoms with Crippen LogP contribution in [0.15, 0.2) is 45.5 Å². The van der Waals surface area contributed by atoms with E-state index in [0.717, 1.165) is 11.4 Å². The van der Waals surface area contributed by atoms with Gasteiger partial charge in [0, 0.05) is 17.3 Å². The minimum Gasteiger partial charge on any atom is -0.452 e. The van der Waals surface area contributed by atoms with Crippen molar-refractivity contribution in [1.82, 2.24) is 5.32 Å². The summed E-state index contributed by atoms with van der Waals surface area (Å²) in [7, 11) is 0. The zero-order valence-corrected chi connectivity index (χ0v) is 13.9. The van der Waals surface area contributed by atoms with Gasteiger partial charge in [-0.15, -0.1) is 0 Å². The molecule has 5 heteroatoms. The van der Waals surface area contributed by atoms with E-state index in [1.165, 1.54) is 0 Å². The van der Waals surface area contributed by atoms with Crippen LogP contribution in [0.3, 0.4) is 0 Å². The molecule has 2 rings (SSSR count). The average Bonchev–Trinajstić information content (AvgIpc) is 2.85. The second-order valence-electron chi connectivity index (χ2n) is 5.22. The fourth-order valence-electron chi connectivity index (χ4n) is 1.98. The van der Waals surface area contributed by atoms with E-state index in [4.69, 9.17) is 4.42 Å². The van der Waals surface area contributed by atoms with Crippen LogP contribution in [0.4, 0.5) is 5.69 Å². The number of carbonyl (C=O) groups excluding carboxylic acids is 1. The molecule has 0 aliphatic rings. The lowest BCUT2D eigenvalue weighted by Crippen LogP contribution is -2.30. The summed E-state index contributed by atoms with van der Waals surface area (Å²) >= 11 is 3.29. The van der Waals surface area contributed by atoms with E-state index in [1.54, 1.807) is 6.07 Å². The lowest BCUT2D eigenvalue weighted by atomic mass is 10.1. The molecular formula is C16H19BrN2O2. The smallest absolute Gasteiger partial charge is 0.251 e. The van der Waals surface area contributed by atoms with Gasteiger partial charge < -0.3 is 15.1 Å². The summed E-state index contributed by atoms with van der Waals surface area (Å²) in [4.78, 5) is 12.0. The molecule has 0 aliphatic carbocycles. The van der Waals surface area contributed by atoms with Gasteiger partial charge in [-0.2, -0.15) is 0 Å². The number of carbonyl (C=O) groups is 1. The van der Waals surface area contributed by atoms with E-state index < -0.39 is 0 Å². The van der Waals surface area contributed by atoms with Gasteiger partial charge in [0.05, 0.1) is 6.04 Å². The Morgan fingerprint density at radius 1 is 1.19 bits per heavy atom. The fraction of sp³-hybridized carbons (Fsp3) is 0.312. The van der Waals surface area contributed by atoms with Crippen LogP contribution in [0.5, 0.6) is 0 Å². The zero-order valence-electron chi connectivity index (χ0n) is 12.3. The molecule has 1 aromatic carbocycles. The number of hydrogen-bond donors (Lipinski definition) is 2. The van der Waals surface area contributed by atoms with Crippen LogP contribution in [0.2, 0.25) is 0 Å². The molecule has 0 bridgehead atoms. The van der Waals surface area contributed by atoms with Gasteiger partial charge in [0.1, 0.15) is 5.76 Å². The van der Waals surface area contributed by atoms with Crippen molar-refractivity contribution >= 4 is 27.5 Å². The van der Waals surface area contributed by atoms with Gasteiger partial charge in [-0.05, 0) is 67.0 Å². The Morgan fingerprint density at radius 3 is 2.57 bits per heavy atom. The van der Waals surface area contributed by atoms with Crippen molar-refractivity contribution in [3.8, 4) is 0 Å². The first-order valence-electron chi connectivity index (χ1n) is 6.88. The molecule has 0 saturated heterocycles. The number of furan rings is 1. The van der Waals surface area contributed by atoms with Gasteiger partial charge in [-0.25, -0.2) is 0 Å². The molecule has 0 saturated carbocycles. The third-order valence-corrected chi connectivity index (χ3v) is 3.37. The molecule has 4 nitrogen and oxygen atoms in total. The molecule has 112 valence electrons. The highest BCUT2D eigenvalue weighted by Gasteiger charge is 2.11. The number of halogens is 1. The molecule has 2 N–H and O–H groups in total. The predicted molar refractivity (Wildman–Crippen MR) is 87.5 cm³/mol. The van der Waals surface area contributed by atoms with Gasteiger partial charge in [0.15, 0.2) is 4.67 Å². The molecule has 21 heavy (non-hydrogen) atoms. The number of benzene rings is 1. The highest BCUT2D eigenvalue weighted by atomic mass is 79.9. The number of nitrogens with one attached hydrogen (secondary N) is 2. The first-order valence-corrected chi connectivity index (χ1v) is 7.67. The summed E-state index contributed by atoms with van der Waals surface area (Å²) in [5.74, 6) is 0.765. The normalized spacial score (nSPS) is 12.2. The Kier molecular flexibility index (Phi) is 5.07. The topological polar surface area (TPSA) is 54.3 Å². The molecular weight excluding hydrogens is 332 g/mol. The van der Waals surface area contributed by atoms with Crippen molar-refractivity contribution in [3.63, 3.8) is 0 Å². The fourth-order valence-corrected chi connectivity index (χ4v) is 2.30. The van der Waals surface area contributed by atoms with Gasteiger partial charge in [0.25, 0.3) is 5.91 Å². The Balaban J connectivity index is 2.09. The van der Waals surface area contributed by atoms with E-state index in [0.29, 0.717) is 10.2 Å². The molecule has 1 amide bonds. The first kappa shape index (κ1) is 15.6. The van der Waals surface area contributed by atoms with Crippen LogP contribution in [0, 0.1) is 0 Å². The minimum atomic E-state index is -0.0675. The van der Waals surface area contributed by atoms with Crippen molar-refractivity contribution in [2.75, 3.05) is 5.32 Å². The van der Waals surface area contributed by atoms with Crippen LogP contribution < -0.4 is 10.6 Å². The van der Waals surface area contributed by atoms with Crippen LogP contribution >= 0.6 is 15.9 Å². The van der Waals surface area contributed by atoms with E-state index in [9.17, 15) is 4.79 Å². The van der Waals surface area contributed by atoms with Crippen molar-refractivity contribution in [1.29, 1.82) is 0 Å². The van der Waals surface area contributed by atoms with E-state index in [1.807, 2.05) is 51.1 Å². The summed E-state index contributed by atoms with van der Waals surface area (Å²) in [6, 6.07) is 11.3. The average molecular weight is 351 g/mol. The Morgan fingerprint density at radius 2 is 1.95 bits per heavy atom. The SMILES string of the molecule is CC(C)NC(=O)c1cccc(NC(C)c2ccc(Br)o2)c1. The molecule has 1 unspecified atom stereocenters. The van der Waals surface area contributed by atoms with E-state index in [-0.39, 0.29) is 18.0 Å². The molecule has 1 atom stereocenters. The van der Waals surface area contributed by atoms with Gasteiger partial charge in [-0.1, -0.05) is 6.07 Å². The summed E-state index contributed by atoms with van der Waals surface area (Å²) in [5.41, 5.74) is 1.52. The summed E-state index contributed by atoms with van der Waals surface area (Å²) in [6.45, 7) is 5.89. The maximum atomic E-state index is 12.0. The number of hydrogen-bond acceptors (Lipinski definition) is 3. The summed E-state index contributed by atoms with van der Waals surface area (Å²) < 4.78 is 6.23. The zero-order chi connectivity index (χ0) is 15.4. The van der Waals surface area contributed by atoms with Crippen molar-refractivity contribution in [2.24, 2.45) is 0 Å². The minimum absolute atomic E-state index is 0.0136. The van der Waals surface area contributed by atoms with Gasteiger partial charge >= 0.3 is 0 Å². The lowest BCUT2D eigenvalue weighted by molar-refractivity contribution is 0.0943. The van der Waals surface area contributed by atoms with Crippen molar-refractivity contribution in [2.45, 2.75) is 32.9 Å². The quantitative estimate of drug-likeness (QED) is 0.842. The predicted octanol–water partition coefficient (Wildman–Crippen LogP) is 4.35. The van der Waals surface area contributed by atoms with Crippen molar-refractivity contribution < 1.29 is 9.21 Å². The first-order chi connectivity index (χ1) is 9.95. The third kappa shape index (κ3) is 4.36. The maximum Gasteiger partial charge on any atom is 0.251 e. The highest BCUT2D eigenvalue weighted by Crippen LogP contribution is 2.24. The Bertz CT molecular complexity index is 622. The summed E-state index contributed by atoms with van der Waals surface area (Å²) in [5, 5.41) is 6.21. The molecule has 0 fully saturated rings. The Hall–Kier alpha value is -1.75. The third-order valence-electron chi connectivity index (χ3n) is 2.95. The molecule has 1 aromatic heterocycles. The maximum absolute atomic E-state index is 12.0. The molecule has 0 aliphatic heterocycles. The monoisotopic (exact) mass is 350 g/mol.